The van der Waals surface area contributed by atoms with E-state index in [4.69, 9.17) is 18.9 Å². The fourth-order valence-corrected chi connectivity index (χ4v) is 8.98. The van der Waals surface area contributed by atoms with Crippen molar-refractivity contribution < 1.29 is 42.9 Å². The summed E-state index contributed by atoms with van der Waals surface area (Å²) in [4.78, 5) is 37.5. The Bertz CT molecular complexity index is 1990. The normalized spacial score (nSPS) is 13.7. The number of esters is 2. The molecule has 0 fully saturated rings. The molecule has 0 bridgehead atoms. The first-order valence-corrected chi connectivity index (χ1v) is 34.6. The number of hydrogen-bond donors (Lipinski definition) is 0. The van der Waals surface area contributed by atoms with Gasteiger partial charge in [0.05, 0.1) is 40.3 Å². The Balaban J connectivity index is 4.26. The summed E-state index contributed by atoms with van der Waals surface area (Å²) in [5, 5.41) is 11.8. The smallest absolute Gasteiger partial charge is 0.306 e. The number of quaternary nitrogens is 1. The first-order valence-electron chi connectivity index (χ1n) is 34.6. The third-order valence-corrected chi connectivity index (χ3v) is 14.3. The van der Waals surface area contributed by atoms with Gasteiger partial charge in [-0.25, -0.2) is 0 Å². The number of rotatable bonds is 62. The van der Waals surface area contributed by atoms with E-state index in [1.165, 1.54) is 103 Å². The molecule has 0 saturated heterocycles. The van der Waals surface area contributed by atoms with Crippen molar-refractivity contribution in [2.45, 2.75) is 270 Å². The summed E-state index contributed by atoms with van der Waals surface area (Å²) in [7, 11) is 5.91. The van der Waals surface area contributed by atoms with Gasteiger partial charge in [-0.15, -0.1) is 0 Å². The van der Waals surface area contributed by atoms with E-state index in [1.807, 2.05) is 21.1 Å². The molecule has 2 unspecified atom stereocenters. The van der Waals surface area contributed by atoms with Gasteiger partial charge in [-0.2, -0.15) is 0 Å². The van der Waals surface area contributed by atoms with Crippen molar-refractivity contribution in [3.8, 4) is 0 Å². The molecule has 0 aliphatic carbocycles. The number of likely N-dealkylation sites (N-methyl/N-ethyl adjacent to an activating group) is 1. The molecule has 0 aliphatic heterocycles. The average Bonchev–Trinajstić information content (AvgIpc) is 3.56. The molecule has 0 radical (unpaired) electrons. The third-order valence-electron chi connectivity index (χ3n) is 14.3. The van der Waals surface area contributed by atoms with Crippen LogP contribution in [0.3, 0.4) is 0 Å². The molecule has 0 rings (SSSR count). The zero-order chi connectivity index (χ0) is 63.3. The topological polar surface area (TPSA) is 111 Å². The molecule has 9 heteroatoms. The molecule has 0 aliphatic rings. The van der Waals surface area contributed by atoms with Crippen molar-refractivity contribution in [1.82, 2.24) is 0 Å². The minimum atomic E-state index is -1.64. The van der Waals surface area contributed by atoms with Gasteiger partial charge in [0.25, 0.3) is 0 Å². The molecule has 9 nitrogen and oxygen atoms in total. The van der Waals surface area contributed by atoms with Gasteiger partial charge in [-0.1, -0.05) is 275 Å². The lowest BCUT2D eigenvalue weighted by Gasteiger charge is -2.26. The van der Waals surface area contributed by atoms with Crippen LogP contribution in [-0.2, 0) is 33.3 Å². The Morgan fingerprint density at radius 1 is 0.356 bits per heavy atom. The van der Waals surface area contributed by atoms with Crippen molar-refractivity contribution in [3.05, 3.63) is 158 Å². The van der Waals surface area contributed by atoms with E-state index >= 15 is 0 Å². The molecule has 0 spiro atoms. The molecule has 0 N–H and O–H groups in total. The largest absolute Gasteiger partial charge is 0.545 e. The van der Waals surface area contributed by atoms with Crippen LogP contribution in [0.1, 0.15) is 258 Å². The lowest BCUT2D eigenvalue weighted by molar-refractivity contribution is -0.870. The Morgan fingerprint density at radius 3 is 0.977 bits per heavy atom. The van der Waals surface area contributed by atoms with Crippen LogP contribution in [0.15, 0.2) is 158 Å². The maximum Gasteiger partial charge on any atom is 0.306 e. The molecule has 0 amide bonds. The Morgan fingerprint density at radius 2 is 0.655 bits per heavy atom. The highest BCUT2D eigenvalue weighted by atomic mass is 16.7. The van der Waals surface area contributed by atoms with Crippen LogP contribution in [0, 0.1) is 0 Å². The Hall–Kier alpha value is -5.09. The van der Waals surface area contributed by atoms with E-state index in [2.05, 4.69) is 172 Å². The van der Waals surface area contributed by atoms with Gasteiger partial charge < -0.3 is 33.3 Å². The quantitative estimate of drug-likeness (QED) is 0.0195. The summed E-state index contributed by atoms with van der Waals surface area (Å²) in [6.45, 7) is 4.58. The summed E-state index contributed by atoms with van der Waals surface area (Å²) in [6, 6.07) is 0. The van der Waals surface area contributed by atoms with Crippen LogP contribution in [0.25, 0.3) is 0 Å². The third kappa shape index (κ3) is 68.3. The average molecular weight is 1210 g/mol. The van der Waals surface area contributed by atoms with Crippen molar-refractivity contribution in [2.24, 2.45) is 0 Å². The number of carbonyl (C=O) groups is 3. The lowest BCUT2D eigenvalue weighted by Crippen LogP contribution is -2.44. The number of carbonyl (C=O) groups excluding carboxylic acids is 3. The molecule has 0 saturated carbocycles. The monoisotopic (exact) mass is 1210 g/mol. The predicted molar refractivity (Wildman–Crippen MR) is 370 cm³/mol. The van der Waals surface area contributed by atoms with Crippen molar-refractivity contribution >= 4 is 17.9 Å². The van der Waals surface area contributed by atoms with E-state index in [0.717, 1.165) is 122 Å². The van der Waals surface area contributed by atoms with E-state index < -0.39 is 24.3 Å². The van der Waals surface area contributed by atoms with E-state index in [9.17, 15) is 19.5 Å². The zero-order valence-electron chi connectivity index (χ0n) is 56.1. The molecule has 2 atom stereocenters. The zero-order valence-corrected chi connectivity index (χ0v) is 56.1. The molecule has 0 aromatic heterocycles. The van der Waals surface area contributed by atoms with Crippen molar-refractivity contribution in [2.75, 3.05) is 47.5 Å². The van der Waals surface area contributed by atoms with Crippen LogP contribution in [0.2, 0.25) is 0 Å². The number of nitrogens with zero attached hydrogens (tertiary/aromatic N) is 1. The van der Waals surface area contributed by atoms with Gasteiger partial charge in [0.1, 0.15) is 13.2 Å². The molecule has 0 aromatic carbocycles. The minimum Gasteiger partial charge on any atom is -0.545 e. The second kappa shape index (κ2) is 66.9. The highest BCUT2D eigenvalue weighted by Crippen LogP contribution is 2.15. The van der Waals surface area contributed by atoms with Gasteiger partial charge in [0.15, 0.2) is 12.4 Å². The second-order valence-electron chi connectivity index (χ2n) is 23.7. The van der Waals surface area contributed by atoms with Crippen LogP contribution in [0.4, 0.5) is 0 Å². The van der Waals surface area contributed by atoms with E-state index in [0.29, 0.717) is 17.4 Å². The number of unbranched alkanes of at least 4 members (excludes halogenated alkanes) is 21. The second-order valence-corrected chi connectivity index (χ2v) is 23.7. The number of carboxylic acids is 1. The first kappa shape index (κ1) is 81.9. The lowest BCUT2D eigenvalue weighted by atomic mass is 10.0. The van der Waals surface area contributed by atoms with Crippen LogP contribution in [0.5, 0.6) is 0 Å². The molecule has 0 aromatic rings. The highest BCUT2D eigenvalue weighted by molar-refractivity contribution is 5.70. The van der Waals surface area contributed by atoms with Crippen LogP contribution < -0.4 is 5.11 Å². The fraction of sp³-hybridized carbons (Fsp3) is 0.628. The maximum atomic E-state index is 12.9. The van der Waals surface area contributed by atoms with Crippen LogP contribution >= 0.6 is 0 Å². The van der Waals surface area contributed by atoms with Crippen molar-refractivity contribution in [3.63, 3.8) is 0 Å². The molecule has 492 valence electrons. The van der Waals surface area contributed by atoms with Gasteiger partial charge in [-0.3, -0.25) is 9.59 Å². The Labute approximate surface area is 534 Å². The fourth-order valence-electron chi connectivity index (χ4n) is 8.98. The van der Waals surface area contributed by atoms with E-state index in [1.54, 1.807) is 0 Å². The van der Waals surface area contributed by atoms with Crippen LogP contribution in [-0.4, -0.2) is 82.3 Å². The summed E-state index contributed by atoms with van der Waals surface area (Å²) in [5.74, 6) is -2.33. The standard InChI is InChI=1S/C78H127NO8/c1-6-8-10-12-14-16-18-20-22-24-26-28-30-32-34-35-36-37-38-39-40-41-43-45-47-49-51-53-55-57-59-61-63-65-67-69-76(81)87-74(73-86-78(77(82)83)84-71-70-79(3,4)5)72-85-75(80)68-66-64-62-60-58-56-54-52-50-48-46-44-42-33-31-29-27-25-23-21-19-17-15-13-11-9-7-2/h8,10,14,16,19-22,25-28,31-34,36-37,39-40,43,45,49,51,55,57,74,78H,6-7,9,11-13,15,17-18,23-24,29-30,35,38,41-42,44,46-48,50,52-54,56,58-73H2,1-5H3/b10-8-,16-14-,21-19-,22-20-,27-25-,28-26-,33-31-,34-32-,37-36-,40-39-,45-43-,51-49-,57-55-. The summed E-state index contributed by atoms with van der Waals surface area (Å²) < 4.78 is 22.7. The molecule has 87 heavy (non-hydrogen) atoms. The predicted octanol–water partition coefficient (Wildman–Crippen LogP) is 20.4. The number of carboxylic acid groups (broad SMARTS) is 1. The van der Waals surface area contributed by atoms with Gasteiger partial charge >= 0.3 is 11.9 Å². The molecular formula is C78H127NO8. The molecular weight excluding hydrogens is 1080 g/mol. The number of allylic oxidation sites excluding steroid dienone is 26. The number of ether oxygens (including phenoxy) is 4. The van der Waals surface area contributed by atoms with Gasteiger partial charge in [0.2, 0.25) is 0 Å². The Kier molecular flexibility index (Phi) is 62.9. The highest BCUT2D eigenvalue weighted by Gasteiger charge is 2.22. The van der Waals surface area contributed by atoms with Crippen molar-refractivity contribution in [1.29, 1.82) is 0 Å². The summed E-state index contributed by atoms with van der Waals surface area (Å²) >= 11 is 0. The van der Waals surface area contributed by atoms with Gasteiger partial charge in [0, 0.05) is 12.8 Å². The number of hydrogen-bond acceptors (Lipinski definition) is 8. The molecule has 0 heterocycles. The summed E-state index contributed by atoms with van der Waals surface area (Å²) in [6.07, 6.45) is 96.0. The first-order chi connectivity index (χ1) is 42.6. The SMILES string of the molecule is CC/C=C\C/C=C\C/C=C\C/C=C\C/C=C\C/C=C\C/C=C\C/C=C\C/C=C\C/C=C\CCCCCCC(=O)OC(COC(=O)CCCCCCCCCCCCCC/C=C\C/C=C\C/C=C\CCCCCCC)COC(OCC[N+](C)(C)C)C(=O)[O-]. The van der Waals surface area contributed by atoms with Gasteiger partial charge in [-0.05, 0) is 128 Å². The summed E-state index contributed by atoms with van der Waals surface area (Å²) in [5.41, 5.74) is 0. The number of aliphatic carboxylic acids is 1. The van der Waals surface area contributed by atoms with E-state index in [-0.39, 0.29) is 38.6 Å². The minimum absolute atomic E-state index is 0.134. The maximum absolute atomic E-state index is 12.9.